The molecule has 17 heavy (non-hydrogen) atoms. The molecule has 0 aromatic heterocycles. The first-order valence-corrected chi connectivity index (χ1v) is 5.83. The molecule has 6 heteroatoms. The highest BCUT2D eigenvalue weighted by Crippen LogP contribution is 2.28. The number of aliphatic hydroxyl groups is 4. The van der Waals surface area contributed by atoms with Gasteiger partial charge in [-0.3, -0.25) is 4.79 Å². The van der Waals surface area contributed by atoms with Gasteiger partial charge in [-0.1, -0.05) is 6.92 Å². The molecule has 1 saturated heterocycles. The average Bonchev–Trinajstić information content (AvgIpc) is 2.29. The number of hydrogen-bond donors (Lipinski definition) is 4. The molecule has 1 aliphatic rings. The van der Waals surface area contributed by atoms with E-state index < -0.39 is 37.1 Å². The number of carbonyl (C=O) groups is 1. The lowest BCUT2D eigenvalue weighted by Crippen LogP contribution is -2.56. The summed E-state index contributed by atoms with van der Waals surface area (Å²) in [5.41, 5.74) is 0. The maximum Gasteiger partial charge on any atom is 0.160 e. The summed E-state index contributed by atoms with van der Waals surface area (Å²) in [5, 5.41) is 37.9. The van der Waals surface area contributed by atoms with Gasteiger partial charge in [-0.05, 0) is 6.42 Å². The second-order valence-corrected chi connectivity index (χ2v) is 4.39. The SMILES string of the molecule is CCCC(=O)CC1C(O)OC(CO)C(O)C1O. The Bertz CT molecular complexity index is 256. The number of ketones is 1. The maximum absolute atomic E-state index is 11.5. The van der Waals surface area contributed by atoms with E-state index in [0.717, 1.165) is 0 Å². The molecule has 5 unspecified atom stereocenters. The summed E-state index contributed by atoms with van der Waals surface area (Å²) in [7, 11) is 0. The Hall–Kier alpha value is -0.530. The Balaban J connectivity index is 2.63. The van der Waals surface area contributed by atoms with Crippen LogP contribution in [0.2, 0.25) is 0 Å². The molecule has 1 rings (SSSR count). The lowest BCUT2D eigenvalue weighted by atomic mass is 9.86. The Labute approximate surface area is 99.8 Å². The molecule has 0 radical (unpaired) electrons. The van der Waals surface area contributed by atoms with Gasteiger partial charge in [0.05, 0.1) is 12.7 Å². The van der Waals surface area contributed by atoms with Gasteiger partial charge in [0.15, 0.2) is 6.29 Å². The van der Waals surface area contributed by atoms with E-state index in [2.05, 4.69) is 0 Å². The molecule has 5 atom stereocenters. The molecular formula is C11H20O6. The normalized spacial score (nSPS) is 38.1. The molecule has 4 N–H and O–H groups in total. The Morgan fingerprint density at radius 3 is 2.41 bits per heavy atom. The monoisotopic (exact) mass is 248 g/mol. The van der Waals surface area contributed by atoms with Gasteiger partial charge in [-0.25, -0.2) is 0 Å². The Morgan fingerprint density at radius 1 is 1.24 bits per heavy atom. The molecule has 0 amide bonds. The Morgan fingerprint density at radius 2 is 1.88 bits per heavy atom. The van der Waals surface area contributed by atoms with Crippen LogP contribution in [0, 0.1) is 5.92 Å². The van der Waals surface area contributed by atoms with Crippen LogP contribution in [0.25, 0.3) is 0 Å². The number of hydrogen-bond acceptors (Lipinski definition) is 6. The van der Waals surface area contributed by atoms with Gasteiger partial charge < -0.3 is 25.2 Å². The summed E-state index contributed by atoms with van der Waals surface area (Å²) in [5.74, 6) is -0.930. The van der Waals surface area contributed by atoms with E-state index in [0.29, 0.717) is 12.8 Å². The predicted octanol–water partition coefficient (Wildman–Crippen LogP) is -1.21. The molecule has 100 valence electrons. The minimum absolute atomic E-state index is 0.0363. The first-order valence-electron chi connectivity index (χ1n) is 5.83. The number of Topliss-reactive ketones (excluding diaryl/α,β-unsaturated/α-hetero) is 1. The van der Waals surface area contributed by atoms with Crippen molar-refractivity contribution in [1.29, 1.82) is 0 Å². The van der Waals surface area contributed by atoms with Crippen molar-refractivity contribution in [3.8, 4) is 0 Å². The first-order chi connectivity index (χ1) is 8.01. The van der Waals surface area contributed by atoms with Crippen LogP contribution in [-0.4, -0.2) is 57.4 Å². The third-order valence-corrected chi connectivity index (χ3v) is 3.02. The van der Waals surface area contributed by atoms with Crippen LogP contribution in [-0.2, 0) is 9.53 Å². The predicted molar refractivity (Wildman–Crippen MR) is 58.0 cm³/mol. The molecule has 1 aliphatic heterocycles. The summed E-state index contributed by atoms with van der Waals surface area (Å²) < 4.78 is 4.95. The topological polar surface area (TPSA) is 107 Å². The highest BCUT2D eigenvalue weighted by Gasteiger charge is 2.43. The van der Waals surface area contributed by atoms with E-state index in [1.165, 1.54) is 0 Å². The summed E-state index contributed by atoms with van der Waals surface area (Å²) in [4.78, 5) is 11.5. The van der Waals surface area contributed by atoms with Gasteiger partial charge in [0.1, 0.15) is 18.0 Å². The lowest BCUT2D eigenvalue weighted by molar-refractivity contribution is -0.269. The molecule has 0 bridgehead atoms. The van der Waals surface area contributed by atoms with E-state index in [1.54, 1.807) is 0 Å². The zero-order chi connectivity index (χ0) is 13.0. The fourth-order valence-corrected chi connectivity index (χ4v) is 2.02. The molecular weight excluding hydrogens is 228 g/mol. The van der Waals surface area contributed by atoms with E-state index in [9.17, 15) is 20.1 Å². The fourth-order valence-electron chi connectivity index (χ4n) is 2.02. The lowest BCUT2D eigenvalue weighted by Gasteiger charge is -2.39. The van der Waals surface area contributed by atoms with Crippen molar-refractivity contribution < 1.29 is 30.0 Å². The van der Waals surface area contributed by atoms with Gasteiger partial charge in [0.25, 0.3) is 0 Å². The van der Waals surface area contributed by atoms with Crippen LogP contribution in [0.3, 0.4) is 0 Å². The van der Waals surface area contributed by atoms with Gasteiger partial charge in [-0.15, -0.1) is 0 Å². The van der Waals surface area contributed by atoms with Crippen molar-refractivity contribution in [2.75, 3.05) is 6.61 Å². The van der Waals surface area contributed by atoms with Crippen molar-refractivity contribution in [2.45, 2.75) is 50.8 Å². The zero-order valence-electron chi connectivity index (χ0n) is 9.82. The van der Waals surface area contributed by atoms with E-state index in [-0.39, 0.29) is 12.2 Å². The summed E-state index contributed by atoms with van der Waals surface area (Å²) in [6, 6.07) is 0. The second-order valence-electron chi connectivity index (χ2n) is 4.39. The number of rotatable bonds is 5. The van der Waals surface area contributed by atoms with E-state index >= 15 is 0 Å². The summed E-state index contributed by atoms with van der Waals surface area (Å²) in [6.07, 6.45) is -3.88. The van der Waals surface area contributed by atoms with Crippen LogP contribution in [0.1, 0.15) is 26.2 Å². The highest BCUT2D eigenvalue weighted by molar-refractivity contribution is 5.78. The summed E-state index contributed by atoms with van der Waals surface area (Å²) in [6.45, 7) is 1.36. The van der Waals surface area contributed by atoms with Crippen LogP contribution in [0.15, 0.2) is 0 Å². The molecule has 1 heterocycles. The van der Waals surface area contributed by atoms with E-state index in [1.807, 2.05) is 6.92 Å². The second kappa shape index (κ2) is 6.42. The van der Waals surface area contributed by atoms with Gasteiger partial charge in [0, 0.05) is 18.8 Å². The quantitative estimate of drug-likeness (QED) is 0.486. The Kier molecular flexibility index (Phi) is 5.48. The zero-order valence-corrected chi connectivity index (χ0v) is 9.82. The maximum atomic E-state index is 11.5. The van der Waals surface area contributed by atoms with Crippen molar-refractivity contribution in [3.63, 3.8) is 0 Å². The third kappa shape index (κ3) is 3.46. The van der Waals surface area contributed by atoms with Gasteiger partial charge in [-0.2, -0.15) is 0 Å². The number of ether oxygens (including phenoxy) is 1. The minimum Gasteiger partial charge on any atom is -0.394 e. The molecule has 0 aromatic rings. The molecule has 0 aliphatic carbocycles. The molecule has 6 nitrogen and oxygen atoms in total. The molecule has 0 saturated carbocycles. The van der Waals surface area contributed by atoms with Crippen molar-refractivity contribution >= 4 is 5.78 Å². The number of carbonyl (C=O) groups excluding carboxylic acids is 1. The largest absolute Gasteiger partial charge is 0.394 e. The standard InChI is InChI=1S/C11H20O6/c1-2-3-6(13)4-7-9(14)10(15)8(5-12)17-11(7)16/h7-12,14-16H,2-5H2,1H3. The molecule has 0 aromatic carbocycles. The van der Waals surface area contributed by atoms with Gasteiger partial charge >= 0.3 is 0 Å². The number of aliphatic hydroxyl groups excluding tert-OH is 4. The minimum atomic E-state index is -1.34. The van der Waals surface area contributed by atoms with Crippen molar-refractivity contribution in [2.24, 2.45) is 5.92 Å². The summed E-state index contributed by atoms with van der Waals surface area (Å²) >= 11 is 0. The van der Waals surface area contributed by atoms with Crippen molar-refractivity contribution in [1.82, 2.24) is 0 Å². The molecule has 1 fully saturated rings. The first kappa shape index (κ1) is 14.5. The van der Waals surface area contributed by atoms with Crippen LogP contribution >= 0.6 is 0 Å². The average molecular weight is 248 g/mol. The fraction of sp³-hybridized carbons (Fsp3) is 0.909. The smallest absolute Gasteiger partial charge is 0.160 e. The van der Waals surface area contributed by atoms with Gasteiger partial charge in [0.2, 0.25) is 0 Å². The highest BCUT2D eigenvalue weighted by atomic mass is 16.6. The van der Waals surface area contributed by atoms with Crippen LogP contribution < -0.4 is 0 Å². The third-order valence-electron chi connectivity index (χ3n) is 3.02. The van der Waals surface area contributed by atoms with Crippen molar-refractivity contribution in [3.05, 3.63) is 0 Å². The van der Waals surface area contributed by atoms with Crippen LogP contribution in [0.4, 0.5) is 0 Å². The van der Waals surface area contributed by atoms with E-state index in [4.69, 9.17) is 9.84 Å². The van der Waals surface area contributed by atoms with Crippen LogP contribution in [0.5, 0.6) is 0 Å². The molecule has 0 spiro atoms.